The Hall–Kier alpha value is -3.39. The molecule has 6 nitrogen and oxygen atoms in total. The van der Waals surface area contributed by atoms with Crippen molar-refractivity contribution < 1.29 is 13.6 Å². The number of hydrogen-bond donors (Lipinski definition) is 0. The second kappa shape index (κ2) is 9.23. The van der Waals surface area contributed by atoms with E-state index >= 15 is 0 Å². The van der Waals surface area contributed by atoms with Crippen molar-refractivity contribution in [2.75, 3.05) is 13.1 Å². The number of carbonyl (C=O) groups is 1. The van der Waals surface area contributed by atoms with Crippen LogP contribution in [-0.4, -0.2) is 38.8 Å². The molecule has 4 heterocycles. The number of benzene rings is 1. The maximum atomic E-state index is 13.1. The number of thiazole rings is 1. The van der Waals surface area contributed by atoms with E-state index in [1.54, 1.807) is 41.4 Å². The van der Waals surface area contributed by atoms with Gasteiger partial charge in [-0.2, -0.15) is 0 Å². The van der Waals surface area contributed by atoms with Gasteiger partial charge in [-0.3, -0.25) is 9.78 Å². The molecule has 1 fully saturated rings. The molecule has 0 saturated carbocycles. The lowest BCUT2D eigenvalue weighted by Gasteiger charge is -2.31. The fraction of sp³-hybridized carbons (Fsp3) is 0.280. The molecule has 1 atom stereocenters. The second-order valence-electron chi connectivity index (χ2n) is 8.26. The lowest BCUT2D eigenvalue weighted by atomic mass is 9.97. The van der Waals surface area contributed by atoms with Gasteiger partial charge in [0.2, 0.25) is 0 Å². The highest BCUT2D eigenvalue weighted by Gasteiger charge is 2.28. The molecule has 0 aliphatic carbocycles. The number of aryl methyl sites for hydroxylation is 1. The van der Waals surface area contributed by atoms with Crippen LogP contribution in [0.15, 0.2) is 58.7 Å². The number of hydrogen-bond acceptors (Lipinski definition) is 6. The van der Waals surface area contributed by atoms with E-state index in [1.165, 1.54) is 12.1 Å². The number of pyridine rings is 1. The molecule has 3 aromatic heterocycles. The van der Waals surface area contributed by atoms with E-state index in [-0.39, 0.29) is 17.6 Å². The number of halogens is 1. The number of aromatic nitrogens is 3. The number of likely N-dealkylation sites (tertiary alicyclic amines) is 1. The molecule has 0 spiro atoms. The molecule has 5 rings (SSSR count). The highest BCUT2D eigenvalue weighted by atomic mass is 32.1. The van der Waals surface area contributed by atoms with E-state index < -0.39 is 0 Å². The van der Waals surface area contributed by atoms with Crippen molar-refractivity contribution in [1.29, 1.82) is 0 Å². The van der Waals surface area contributed by atoms with Gasteiger partial charge < -0.3 is 9.32 Å². The van der Waals surface area contributed by atoms with Gasteiger partial charge in [-0.25, -0.2) is 14.4 Å². The van der Waals surface area contributed by atoms with E-state index in [2.05, 4.69) is 15.0 Å². The first-order chi connectivity index (χ1) is 16.1. The molecule has 1 aromatic carbocycles. The average molecular weight is 463 g/mol. The Morgan fingerprint density at radius 1 is 1.15 bits per heavy atom. The number of piperidine rings is 1. The summed E-state index contributed by atoms with van der Waals surface area (Å²) in [5, 5.41) is 0. The average Bonchev–Trinajstić information content (AvgIpc) is 3.49. The third-order valence-electron chi connectivity index (χ3n) is 5.91. The fourth-order valence-electron chi connectivity index (χ4n) is 4.14. The van der Waals surface area contributed by atoms with E-state index in [1.807, 2.05) is 24.0 Å². The number of amides is 1. The SMILES string of the molecule is Cc1ncsc1-c1ccc(C(=O)N2CCC[C@H](c3ncc(Cc4ccc(F)cc4)o3)C2)cn1. The van der Waals surface area contributed by atoms with Gasteiger partial charge in [0.25, 0.3) is 5.91 Å². The Kier molecular flexibility index (Phi) is 6.00. The fourth-order valence-corrected chi connectivity index (χ4v) is 4.93. The van der Waals surface area contributed by atoms with E-state index in [4.69, 9.17) is 4.42 Å². The van der Waals surface area contributed by atoms with Gasteiger partial charge in [-0.05, 0) is 49.6 Å². The first-order valence-electron chi connectivity index (χ1n) is 10.9. The smallest absolute Gasteiger partial charge is 0.255 e. The summed E-state index contributed by atoms with van der Waals surface area (Å²) in [5.74, 6) is 1.15. The lowest BCUT2D eigenvalue weighted by Crippen LogP contribution is -2.39. The molecule has 1 amide bonds. The molecule has 4 aromatic rings. The van der Waals surface area contributed by atoms with Crippen LogP contribution in [0.3, 0.4) is 0 Å². The third-order valence-corrected chi connectivity index (χ3v) is 6.86. The minimum Gasteiger partial charge on any atom is -0.445 e. The van der Waals surface area contributed by atoms with Crippen LogP contribution in [0.5, 0.6) is 0 Å². The van der Waals surface area contributed by atoms with Crippen LogP contribution in [0, 0.1) is 12.7 Å². The summed E-state index contributed by atoms with van der Waals surface area (Å²) < 4.78 is 19.1. The lowest BCUT2D eigenvalue weighted by molar-refractivity contribution is 0.0697. The maximum absolute atomic E-state index is 13.1. The van der Waals surface area contributed by atoms with Crippen molar-refractivity contribution in [2.24, 2.45) is 0 Å². The standard InChI is InChI=1S/C25H23FN4O2S/c1-16-23(33-15-29-16)22-9-6-18(12-27-22)25(31)30-10-2-3-19(14-30)24-28-13-21(32-24)11-17-4-7-20(26)8-5-17/h4-9,12-13,15,19H,2-3,10-11,14H2,1H3/t19-/m0/s1. The summed E-state index contributed by atoms with van der Waals surface area (Å²) in [6, 6.07) is 10.1. The molecule has 0 radical (unpaired) electrons. The Labute approximate surface area is 195 Å². The summed E-state index contributed by atoms with van der Waals surface area (Å²) in [4.78, 5) is 29.2. The van der Waals surface area contributed by atoms with Crippen LogP contribution in [0.1, 0.15) is 52.0 Å². The minimum absolute atomic E-state index is 0.0298. The van der Waals surface area contributed by atoms with Crippen LogP contribution in [0.2, 0.25) is 0 Å². The topological polar surface area (TPSA) is 72.1 Å². The largest absolute Gasteiger partial charge is 0.445 e. The van der Waals surface area contributed by atoms with Crippen molar-refractivity contribution in [1.82, 2.24) is 19.9 Å². The van der Waals surface area contributed by atoms with Crippen LogP contribution in [0.4, 0.5) is 4.39 Å². The van der Waals surface area contributed by atoms with Gasteiger partial charge in [0.1, 0.15) is 11.6 Å². The van der Waals surface area contributed by atoms with Crippen LogP contribution in [0.25, 0.3) is 10.6 Å². The van der Waals surface area contributed by atoms with Gasteiger partial charge in [-0.1, -0.05) is 12.1 Å². The van der Waals surface area contributed by atoms with Crippen LogP contribution >= 0.6 is 11.3 Å². The van der Waals surface area contributed by atoms with Crippen molar-refractivity contribution >= 4 is 17.2 Å². The summed E-state index contributed by atoms with van der Waals surface area (Å²) in [6.07, 6.45) is 5.73. The van der Waals surface area contributed by atoms with Crippen LogP contribution in [-0.2, 0) is 6.42 Å². The zero-order valence-corrected chi connectivity index (χ0v) is 19.0. The summed E-state index contributed by atoms with van der Waals surface area (Å²) in [5.41, 5.74) is 5.11. The number of nitrogens with zero attached hydrogens (tertiary/aromatic N) is 4. The molecule has 1 aliphatic heterocycles. The van der Waals surface area contributed by atoms with Gasteiger partial charge in [-0.15, -0.1) is 11.3 Å². The summed E-state index contributed by atoms with van der Waals surface area (Å²) in [6.45, 7) is 3.22. The molecule has 1 aliphatic rings. The highest BCUT2D eigenvalue weighted by Crippen LogP contribution is 2.29. The van der Waals surface area contributed by atoms with Crippen molar-refractivity contribution in [3.8, 4) is 10.6 Å². The number of rotatable bonds is 5. The normalized spacial score (nSPS) is 16.2. The molecule has 168 valence electrons. The molecule has 1 saturated heterocycles. The molecule has 0 N–H and O–H groups in total. The highest BCUT2D eigenvalue weighted by molar-refractivity contribution is 7.13. The zero-order valence-electron chi connectivity index (χ0n) is 18.2. The minimum atomic E-state index is -0.257. The monoisotopic (exact) mass is 462 g/mol. The predicted molar refractivity (Wildman–Crippen MR) is 124 cm³/mol. The first kappa shape index (κ1) is 21.5. The number of carbonyl (C=O) groups excluding carboxylic acids is 1. The van der Waals surface area contributed by atoms with Gasteiger partial charge >= 0.3 is 0 Å². The molecule has 0 unspecified atom stereocenters. The Bertz CT molecular complexity index is 1250. The van der Waals surface area contributed by atoms with Crippen molar-refractivity contribution in [3.63, 3.8) is 0 Å². The Balaban J connectivity index is 1.25. The number of oxazole rings is 1. The molecular weight excluding hydrogens is 439 g/mol. The second-order valence-corrected chi connectivity index (χ2v) is 9.11. The van der Waals surface area contributed by atoms with Crippen molar-refractivity contribution in [2.45, 2.75) is 32.1 Å². The maximum Gasteiger partial charge on any atom is 0.255 e. The third kappa shape index (κ3) is 4.71. The van der Waals surface area contributed by atoms with Gasteiger partial charge in [0, 0.05) is 25.7 Å². The van der Waals surface area contributed by atoms with E-state index in [0.717, 1.165) is 40.4 Å². The van der Waals surface area contributed by atoms with E-state index in [9.17, 15) is 9.18 Å². The first-order valence-corrected chi connectivity index (χ1v) is 11.8. The van der Waals surface area contributed by atoms with E-state index in [0.29, 0.717) is 31.0 Å². The molecule has 33 heavy (non-hydrogen) atoms. The zero-order chi connectivity index (χ0) is 22.8. The predicted octanol–water partition coefficient (Wildman–Crippen LogP) is 5.25. The Morgan fingerprint density at radius 3 is 2.73 bits per heavy atom. The summed E-state index contributed by atoms with van der Waals surface area (Å²) >= 11 is 1.54. The van der Waals surface area contributed by atoms with Crippen molar-refractivity contribution in [3.05, 3.63) is 88.6 Å². The quantitative estimate of drug-likeness (QED) is 0.405. The molecule has 0 bridgehead atoms. The molecular formula is C25H23FN4O2S. The summed E-state index contributed by atoms with van der Waals surface area (Å²) in [7, 11) is 0. The molecule has 8 heteroatoms. The Morgan fingerprint density at radius 2 is 2.00 bits per heavy atom. The van der Waals surface area contributed by atoms with Crippen LogP contribution < -0.4 is 0 Å². The van der Waals surface area contributed by atoms with Gasteiger partial charge in [0.05, 0.1) is 39.5 Å². The van der Waals surface area contributed by atoms with Gasteiger partial charge in [0.15, 0.2) is 5.89 Å².